The van der Waals surface area contributed by atoms with Crippen LogP contribution in [-0.4, -0.2) is 55.0 Å². The zero-order chi connectivity index (χ0) is 23.9. The molecule has 4 heterocycles. The van der Waals surface area contributed by atoms with Crippen molar-refractivity contribution >= 4 is 17.4 Å². The first-order valence-electron chi connectivity index (χ1n) is 13.5. The van der Waals surface area contributed by atoms with Crippen molar-refractivity contribution in [2.45, 2.75) is 69.9 Å². The van der Waals surface area contributed by atoms with Gasteiger partial charge in [0.05, 0.1) is 16.8 Å². The van der Waals surface area contributed by atoms with E-state index in [2.05, 4.69) is 21.7 Å². The number of rotatable bonds is 9. The lowest BCUT2D eigenvalue weighted by atomic mass is 9.83. The standard InChI is InChI=1S/C28H39ClN4O2/c29-26-7-8-27(32-18-21-10-14-34-15-11-21)33-28(26)22-9-12-30-24(17-22)16-20-3-5-23(6-4-20)31-19-25-2-1-13-35-25/h7-9,12,17,20-21,23,25,31H,1-6,10-11,13-16,18-19H2,(H,32,33)/t20?,23?,25-/m1/s1. The Balaban J connectivity index is 1.14. The molecule has 5 rings (SSSR count). The number of aromatic nitrogens is 2. The highest BCUT2D eigenvalue weighted by atomic mass is 35.5. The van der Waals surface area contributed by atoms with E-state index in [4.69, 9.17) is 26.1 Å². The number of pyridine rings is 2. The van der Waals surface area contributed by atoms with Gasteiger partial charge in [-0.15, -0.1) is 0 Å². The first-order chi connectivity index (χ1) is 17.2. The molecule has 1 atom stereocenters. The predicted molar refractivity (Wildman–Crippen MR) is 141 cm³/mol. The highest BCUT2D eigenvalue weighted by Gasteiger charge is 2.23. The van der Waals surface area contributed by atoms with Gasteiger partial charge in [-0.1, -0.05) is 11.6 Å². The van der Waals surface area contributed by atoms with Crippen LogP contribution in [0.15, 0.2) is 30.5 Å². The summed E-state index contributed by atoms with van der Waals surface area (Å²) in [6, 6.07) is 8.75. The minimum absolute atomic E-state index is 0.427. The summed E-state index contributed by atoms with van der Waals surface area (Å²) in [6.07, 6.45) is 13.0. The molecule has 0 bridgehead atoms. The Hall–Kier alpha value is -1.73. The van der Waals surface area contributed by atoms with Gasteiger partial charge in [0.15, 0.2) is 0 Å². The van der Waals surface area contributed by atoms with E-state index >= 15 is 0 Å². The third-order valence-corrected chi connectivity index (χ3v) is 8.16. The number of halogens is 1. The Morgan fingerprint density at radius 3 is 2.57 bits per heavy atom. The Bertz CT molecular complexity index is 938. The number of nitrogens with zero attached hydrogens (tertiary/aromatic N) is 2. The lowest BCUT2D eigenvalue weighted by Gasteiger charge is -2.30. The molecule has 1 saturated carbocycles. The zero-order valence-electron chi connectivity index (χ0n) is 20.7. The molecule has 35 heavy (non-hydrogen) atoms. The molecular formula is C28H39ClN4O2. The second-order valence-electron chi connectivity index (χ2n) is 10.5. The minimum atomic E-state index is 0.427. The van der Waals surface area contributed by atoms with Crippen LogP contribution in [0, 0.1) is 11.8 Å². The summed E-state index contributed by atoms with van der Waals surface area (Å²) in [5.74, 6) is 2.20. The van der Waals surface area contributed by atoms with Crippen LogP contribution in [0.3, 0.4) is 0 Å². The fourth-order valence-electron chi connectivity index (χ4n) is 5.65. The average Bonchev–Trinajstić information content (AvgIpc) is 3.42. The van der Waals surface area contributed by atoms with Gasteiger partial charge in [-0.2, -0.15) is 0 Å². The molecule has 0 unspecified atom stereocenters. The summed E-state index contributed by atoms with van der Waals surface area (Å²) in [4.78, 5) is 9.54. The van der Waals surface area contributed by atoms with E-state index in [1.165, 1.54) is 38.5 Å². The summed E-state index contributed by atoms with van der Waals surface area (Å²) < 4.78 is 11.2. The third-order valence-electron chi connectivity index (χ3n) is 7.85. The lowest BCUT2D eigenvalue weighted by molar-refractivity contribution is 0.0699. The van der Waals surface area contributed by atoms with E-state index in [0.29, 0.717) is 29.0 Å². The molecule has 0 radical (unpaired) electrons. The van der Waals surface area contributed by atoms with Crippen LogP contribution in [0.5, 0.6) is 0 Å². The molecule has 190 valence electrons. The highest BCUT2D eigenvalue weighted by Crippen LogP contribution is 2.31. The van der Waals surface area contributed by atoms with Gasteiger partial charge in [-0.05, 0) is 93.9 Å². The largest absolute Gasteiger partial charge is 0.381 e. The van der Waals surface area contributed by atoms with Crippen LogP contribution in [-0.2, 0) is 15.9 Å². The van der Waals surface area contributed by atoms with Gasteiger partial charge in [0.25, 0.3) is 0 Å². The molecule has 0 amide bonds. The fraction of sp³-hybridized carbons (Fsp3) is 0.643. The van der Waals surface area contributed by atoms with Gasteiger partial charge in [0.2, 0.25) is 0 Å². The summed E-state index contributed by atoms with van der Waals surface area (Å²) in [5, 5.41) is 7.93. The molecule has 6 nitrogen and oxygen atoms in total. The molecule has 2 aromatic rings. The molecule has 0 spiro atoms. The van der Waals surface area contributed by atoms with Gasteiger partial charge < -0.3 is 20.1 Å². The smallest absolute Gasteiger partial charge is 0.126 e. The van der Waals surface area contributed by atoms with Gasteiger partial charge in [-0.3, -0.25) is 4.98 Å². The summed E-state index contributed by atoms with van der Waals surface area (Å²) in [6.45, 7) is 4.58. The van der Waals surface area contributed by atoms with Crippen LogP contribution in [0.4, 0.5) is 5.82 Å². The fourth-order valence-corrected chi connectivity index (χ4v) is 5.86. The number of ether oxygens (including phenoxy) is 2. The predicted octanol–water partition coefficient (Wildman–Crippen LogP) is 5.51. The maximum atomic E-state index is 6.57. The summed E-state index contributed by atoms with van der Waals surface area (Å²) in [5.41, 5.74) is 3.01. The van der Waals surface area contributed by atoms with Crippen LogP contribution in [0.1, 0.15) is 57.1 Å². The normalized spacial score (nSPS) is 25.6. The third kappa shape index (κ3) is 7.16. The number of hydrogen-bond acceptors (Lipinski definition) is 6. The molecule has 1 aliphatic carbocycles. The number of nitrogens with one attached hydrogen (secondary N) is 2. The SMILES string of the molecule is Clc1ccc(NCC2CCOCC2)nc1-c1ccnc(CC2CCC(NC[C@H]3CCCO3)CC2)c1. The molecule has 2 N–H and O–H groups in total. The molecule has 2 aromatic heterocycles. The van der Waals surface area contributed by atoms with E-state index < -0.39 is 0 Å². The Labute approximate surface area is 214 Å². The van der Waals surface area contributed by atoms with Crippen molar-refractivity contribution in [1.29, 1.82) is 0 Å². The van der Waals surface area contributed by atoms with Crippen LogP contribution < -0.4 is 10.6 Å². The van der Waals surface area contributed by atoms with Crippen LogP contribution >= 0.6 is 11.6 Å². The second kappa shape index (κ2) is 12.5. The van der Waals surface area contributed by atoms with E-state index in [0.717, 1.165) is 74.9 Å². The average molecular weight is 499 g/mol. The van der Waals surface area contributed by atoms with Crippen molar-refractivity contribution in [2.24, 2.45) is 11.8 Å². The van der Waals surface area contributed by atoms with Crippen molar-refractivity contribution < 1.29 is 9.47 Å². The van der Waals surface area contributed by atoms with E-state index in [9.17, 15) is 0 Å². The van der Waals surface area contributed by atoms with Gasteiger partial charge in [0.1, 0.15) is 5.82 Å². The molecule has 2 saturated heterocycles. The van der Waals surface area contributed by atoms with E-state index in [1.807, 2.05) is 24.4 Å². The minimum Gasteiger partial charge on any atom is -0.381 e. The topological polar surface area (TPSA) is 68.3 Å². The molecule has 7 heteroatoms. The molecule has 2 aliphatic heterocycles. The Morgan fingerprint density at radius 1 is 0.914 bits per heavy atom. The molecule has 3 aliphatic rings. The number of hydrogen-bond donors (Lipinski definition) is 2. The van der Waals surface area contributed by atoms with Gasteiger partial charge in [0, 0.05) is 56.4 Å². The lowest BCUT2D eigenvalue weighted by Crippen LogP contribution is -2.38. The molecule has 3 fully saturated rings. The quantitative estimate of drug-likeness (QED) is 0.475. The second-order valence-corrected chi connectivity index (χ2v) is 10.9. The highest BCUT2D eigenvalue weighted by molar-refractivity contribution is 6.33. The first-order valence-corrected chi connectivity index (χ1v) is 13.9. The van der Waals surface area contributed by atoms with Crippen molar-refractivity contribution in [1.82, 2.24) is 15.3 Å². The summed E-state index contributed by atoms with van der Waals surface area (Å²) >= 11 is 6.57. The van der Waals surface area contributed by atoms with E-state index in [-0.39, 0.29) is 0 Å². The monoisotopic (exact) mass is 498 g/mol. The van der Waals surface area contributed by atoms with Gasteiger partial charge in [-0.25, -0.2) is 4.98 Å². The zero-order valence-corrected chi connectivity index (χ0v) is 21.4. The molecular weight excluding hydrogens is 460 g/mol. The maximum Gasteiger partial charge on any atom is 0.126 e. The first kappa shape index (κ1) is 24.9. The van der Waals surface area contributed by atoms with Crippen molar-refractivity contribution in [3.8, 4) is 11.3 Å². The van der Waals surface area contributed by atoms with Gasteiger partial charge >= 0.3 is 0 Å². The molecule has 0 aromatic carbocycles. The van der Waals surface area contributed by atoms with Crippen molar-refractivity contribution in [2.75, 3.05) is 38.2 Å². The Morgan fingerprint density at radius 2 is 1.77 bits per heavy atom. The summed E-state index contributed by atoms with van der Waals surface area (Å²) in [7, 11) is 0. The van der Waals surface area contributed by atoms with Crippen LogP contribution in [0.2, 0.25) is 5.02 Å². The number of anilines is 1. The van der Waals surface area contributed by atoms with Crippen molar-refractivity contribution in [3.05, 3.63) is 41.2 Å². The van der Waals surface area contributed by atoms with Crippen molar-refractivity contribution in [3.63, 3.8) is 0 Å². The van der Waals surface area contributed by atoms with Crippen LogP contribution in [0.25, 0.3) is 11.3 Å². The van der Waals surface area contributed by atoms with E-state index in [1.54, 1.807) is 0 Å². The Kier molecular flexibility index (Phi) is 8.90. The maximum absolute atomic E-state index is 6.57.